The quantitative estimate of drug-likeness (QED) is 0.335. The molecule has 0 saturated carbocycles. The van der Waals surface area contributed by atoms with Crippen molar-refractivity contribution in [1.82, 2.24) is 10.7 Å². The van der Waals surface area contributed by atoms with Gasteiger partial charge in [-0.2, -0.15) is 5.10 Å². The van der Waals surface area contributed by atoms with Gasteiger partial charge in [0.25, 0.3) is 5.91 Å². The number of hydrazone groups is 1. The fraction of sp³-hybridized carbons (Fsp3) is 0.200. The van der Waals surface area contributed by atoms with Gasteiger partial charge in [0, 0.05) is 7.05 Å². The number of nitrogens with one attached hydrogen (secondary N) is 3. The molecule has 0 atom stereocenters. The van der Waals surface area contributed by atoms with Crippen LogP contribution in [0.4, 0.5) is 5.69 Å². The smallest absolute Gasteiger partial charge is 0.329 e. The minimum absolute atomic E-state index is 0.249. The largest absolute Gasteiger partial charge is 0.490 e. The van der Waals surface area contributed by atoms with Gasteiger partial charge >= 0.3 is 11.8 Å². The molecule has 30 heavy (non-hydrogen) atoms. The summed E-state index contributed by atoms with van der Waals surface area (Å²) in [4.78, 5) is 34.6. The van der Waals surface area contributed by atoms with Crippen molar-refractivity contribution in [3.05, 3.63) is 53.1 Å². The first-order valence-corrected chi connectivity index (χ1v) is 9.31. The van der Waals surface area contributed by atoms with Gasteiger partial charge < -0.3 is 20.1 Å². The zero-order valence-corrected chi connectivity index (χ0v) is 17.2. The predicted molar refractivity (Wildman–Crippen MR) is 113 cm³/mol. The average Bonchev–Trinajstić information content (AvgIpc) is 2.74. The summed E-state index contributed by atoms with van der Waals surface area (Å²) in [7, 11) is 1.34. The van der Waals surface area contributed by atoms with E-state index in [4.69, 9.17) is 21.1 Å². The number of anilines is 1. The maximum Gasteiger partial charge on any atom is 0.329 e. The Morgan fingerprint density at radius 2 is 1.83 bits per heavy atom. The number of benzene rings is 2. The number of carbonyl (C=O) groups excluding carboxylic acids is 3. The van der Waals surface area contributed by atoms with E-state index in [9.17, 15) is 14.4 Å². The highest BCUT2D eigenvalue weighted by atomic mass is 35.5. The normalized spacial score (nSPS) is 10.4. The van der Waals surface area contributed by atoms with E-state index in [0.29, 0.717) is 34.4 Å². The number of halogens is 1. The standard InChI is InChI=1S/C20H21ClN4O5/c1-3-29-17-10-13(11-23-25-20(28)19(27)22-2)8-9-16(17)30-12-18(26)24-15-7-5-4-6-14(15)21/h4-11H,3,12H2,1-2H3,(H,22,27)(H,24,26)(H,25,28)/b23-11-. The molecule has 0 fully saturated rings. The van der Waals surface area contributed by atoms with Crippen LogP contribution in [0.25, 0.3) is 0 Å². The second-order valence-corrected chi connectivity index (χ2v) is 6.14. The summed E-state index contributed by atoms with van der Waals surface area (Å²) in [6.45, 7) is 1.93. The average molecular weight is 433 g/mol. The second kappa shape index (κ2) is 11.4. The Labute approximate surface area is 178 Å². The number of hydrogen-bond donors (Lipinski definition) is 3. The Bertz CT molecular complexity index is 949. The fourth-order valence-corrected chi connectivity index (χ4v) is 2.40. The second-order valence-electron chi connectivity index (χ2n) is 5.73. The molecule has 10 heteroatoms. The van der Waals surface area contributed by atoms with E-state index in [2.05, 4.69) is 21.2 Å². The SMILES string of the molecule is CCOc1cc(/C=N\NC(=O)C(=O)NC)ccc1OCC(=O)Nc1ccccc1Cl. The first kappa shape index (κ1) is 22.7. The van der Waals surface area contributed by atoms with Crippen molar-refractivity contribution in [2.45, 2.75) is 6.92 Å². The van der Waals surface area contributed by atoms with Crippen molar-refractivity contribution in [3.63, 3.8) is 0 Å². The lowest BCUT2D eigenvalue weighted by atomic mass is 10.2. The molecular formula is C20H21ClN4O5. The monoisotopic (exact) mass is 432 g/mol. The van der Waals surface area contributed by atoms with Crippen LogP contribution in [0, 0.1) is 0 Å². The Kier molecular flexibility index (Phi) is 8.64. The molecule has 9 nitrogen and oxygen atoms in total. The molecule has 0 spiro atoms. The molecule has 2 aromatic rings. The third-order valence-electron chi connectivity index (χ3n) is 3.59. The predicted octanol–water partition coefficient (Wildman–Crippen LogP) is 1.95. The molecule has 0 heterocycles. The van der Waals surface area contributed by atoms with Gasteiger partial charge in [-0.25, -0.2) is 5.43 Å². The van der Waals surface area contributed by atoms with Crippen LogP contribution in [0.3, 0.4) is 0 Å². The minimum atomic E-state index is -0.886. The number of para-hydroxylation sites is 1. The molecule has 0 bridgehead atoms. The summed E-state index contributed by atoms with van der Waals surface area (Å²) in [5, 5.41) is 8.99. The van der Waals surface area contributed by atoms with Crippen LogP contribution in [-0.4, -0.2) is 44.2 Å². The van der Waals surface area contributed by atoms with Crippen LogP contribution < -0.4 is 25.5 Å². The van der Waals surface area contributed by atoms with E-state index in [1.165, 1.54) is 13.3 Å². The molecular weight excluding hydrogens is 412 g/mol. The van der Waals surface area contributed by atoms with E-state index in [1.54, 1.807) is 49.4 Å². The van der Waals surface area contributed by atoms with Crippen LogP contribution in [0.5, 0.6) is 11.5 Å². The van der Waals surface area contributed by atoms with Gasteiger partial charge in [0.05, 0.1) is 23.5 Å². The molecule has 0 aliphatic rings. The van der Waals surface area contributed by atoms with Crippen molar-refractivity contribution in [2.24, 2.45) is 5.10 Å². The Hall–Kier alpha value is -3.59. The lowest BCUT2D eigenvalue weighted by Crippen LogP contribution is -2.35. The highest BCUT2D eigenvalue weighted by molar-refractivity contribution is 6.35. The van der Waals surface area contributed by atoms with Gasteiger partial charge in [0.2, 0.25) is 0 Å². The zero-order chi connectivity index (χ0) is 21.9. The highest BCUT2D eigenvalue weighted by Crippen LogP contribution is 2.28. The third-order valence-corrected chi connectivity index (χ3v) is 3.92. The summed E-state index contributed by atoms with van der Waals surface area (Å²) < 4.78 is 11.1. The maximum atomic E-state index is 12.1. The summed E-state index contributed by atoms with van der Waals surface area (Å²) in [6, 6.07) is 11.8. The van der Waals surface area contributed by atoms with Gasteiger partial charge in [-0.3, -0.25) is 14.4 Å². The lowest BCUT2D eigenvalue weighted by Gasteiger charge is -2.13. The summed E-state index contributed by atoms with van der Waals surface area (Å²) in [6.07, 6.45) is 1.34. The molecule has 2 aromatic carbocycles. The number of nitrogens with zero attached hydrogens (tertiary/aromatic N) is 1. The Morgan fingerprint density at radius 3 is 2.53 bits per heavy atom. The molecule has 0 aromatic heterocycles. The summed E-state index contributed by atoms with van der Waals surface area (Å²) >= 11 is 6.02. The van der Waals surface area contributed by atoms with Crippen molar-refractivity contribution < 1.29 is 23.9 Å². The minimum Gasteiger partial charge on any atom is -0.490 e. The molecule has 2 rings (SSSR count). The van der Waals surface area contributed by atoms with E-state index < -0.39 is 11.8 Å². The van der Waals surface area contributed by atoms with Crippen molar-refractivity contribution in [1.29, 1.82) is 0 Å². The van der Waals surface area contributed by atoms with Crippen molar-refractivity contribution >= 4 is 41.2 Å². The van der Waals surface area contributed by atoms with Gasteiger partial charge in [0.1, 0.15) is 0 Å². The summed E-state index contributed by atoms with van der Waals surface area (Å²) in [5.41, 5.74) is 3.17. The van der Waals surface area contributed by atoms with E-state index >= 15 is 0 Å². The van der Waals surface area contributed by atoms with Gasteiger partial charge in [-0.05, 0) is 42.8 Å². The number of rotatable bonds is 8. The number of carbonyl (C=O) groups is 3. The topological polar surface area (TPSA) is 118 Å². The Balaban J connectivity index is 2.00. The van der Waals surface area contributed by atoms with Crippen LogP contribution in [-0.2, 0) is 14.4 Å². The number of likely N-dealkylation sites (N-methyl/N-ethyl adjacent to an activating group) is 1. The Morgan fingerprint density at radius 1 is 1.07 bits per heavy atom. The lowest BCUT2D eigenvalue weighted by molar-refractivity contribution is -0.138. The summed E-state index contributed by atoms with van der Waals surface area (Å²) in [5.74, 6) is -1.32. The van der Waals surface area contributed by atoms with E-state index in [0.717, 1.165) is 0 Å². The molecule has 0 saturated heterocycles. The van der Waals surface area contributed by atoms with E-state index in [-0.39, 0.29) is 12.5 Å². The van der Waals surface area contributed by atoms with Crippen molar-refractivity contribution in [2.75, 3.05) is 25.6 Å². The number of hydrogen-bond acceptors (Lipinski definition) is 6. The number of amides is 3. The first-order chi connectivity index (χ1) is 14.4. The number of ether oxygens (including phenoxy) is 2. The zero-order valence-electron chi connectivity index (χ0n) is 16.4. The molecule has 158 valence electrons. The maximum absolute atomic E-state index is 12.1. The molecule has 0 unspecified atom stereocenters. The van der Waals surface area contributed by atoms with Gasteiger partial charge in [-0.1, -0.05) is 23.7 Å². The fourth-order valence-electron chi connectivity index (χ4n) is 2.21. The van der Waals surface area contributed by atoms with Gasteiger partial charge in [-0.15, -0.1) is 0 Å². The first-order valence-electron chi connectivity index (χ1n) is 8.93. The van der Waals surface area contributed by atoms with Crippen LogP contribution in [0.15, 0.2) is 47.6 Å². The molecule has 0 aliphatic carbocycles. The van der Waals surface area contributed by atoms with E-state index in [1.807, 2.05) is 0 Å². The molecule has 3 N–H and O–H groups in total. The van der Waals surface area contributed by atoms with Gasteiger partial charge in [0.15, 0.2) is 18.1 Å². The molecule has 0 aliphatic heterocycles. The molecule has 3 amide bonds. The van der Waals surface area contributed by atoms with Crippen LogP contribution in [0.2, 0.25) is 5.02 Å². The molecule has 0 radical (unpaired) electrons. The highest BCUT2D eigenvalue weighted by Gasteiger charge is 2.11. The van der Waals surface area contributed by atoms with Crippen LogP contribution >= 0.6 is 11.6 Å². The van der Waals surface area contributed by atoms with Crippen molar-refractivity contribution in [3.8, 4) is 11.5 Å². The van der Waals surface area contributed by atoms with Crippen LogP contribution in [0.1, 0.15) is 12.5 Å². The third kappa shape index (κ3) is 6.78.